The van der Waals surface area contributed by atoms with Gasteiger partial charge in [0.2, 0.25) is 0 Å². The van der Waals surface area contributed by atoms with Crippen molar-refractivity contribution in [2.75, 3.05) is 19.5 Å². The van der Waals surface area contributed by atoms with Gasteiger partial charge in [0.1, 0.15) is 5.75 Å². The fraction of sp³-hybridized carbons (Fsp3) is 0.462. The molecule has 1 rings (SSSR count). The van der Waals surface area contributed by atoms with Crippen LogP contribution in [0.4, 0.5) is 5.69 Å². The summed E-state index contributed by atoms with van der Waals surface area (Å²) in [5.41, 5.74) is 6.48. The average Bonchev–Trinajstić information content (AvgIpc) is 2.29. The van der Waals surface area contributed by atoms with E-state index in [0.29, 0.717) is 29.5 Å². The van der Waals surface area contributed by atoms with Crippen LogP contribution in [0.2, 0.25) is 0 Å². The second kappa shape index (κ2) is 6.13. The summed E-state index contributed by atoms with van der Waals surface area (Å²) in [5.74, 6) is 0.697. The molecular weight excluding hydrogens is 218 g/mol. The Labute approximate surface area is 102 Å². The van der Waals surface area contributed by atoms with Crippen LogP contribution in [0.5, 0.6) is 5.75 Å². The van der Waals surface area contributed by atoms with Gasteiger partial charge in [-0.25, -0.2) is 4.79 Å². The minimum atomic E-state index is -0.401. The second-order valence-electron chi connectivity index (χ2n) is 4.27. The van der Waals surface area contributed by atoms with E-state index in [1.165, 1.54) is 0 Å². The van der Waals surface area contributed by atoms with Crippen molar-refractivity contribution in [3.63, 3.8) is 0 Å². The standard InChI is InChI=1S/C13H19NO3/c1-9(2)6-7-17-13(15)11-8-10(16-3)4-5-12(11)14/h4-5,8-9H,6-7,14H2,1-3H3. The quantitative estimate of drug-likeness (QED) is 0.631. The van der Waals surface area contributed by atoms with Gasteiger partial charge in [0.25, 0.3) is 0 Å². The number of anilines is 1. The lowest BCUT2D eigenvalue weighted by Crippen LogP contribution is -2.10. The van der Waals surface area contributed by atoms with Gasteiger partial charge in [0, 0.05) is 5.69 Å². The van der Waals surface area contributed by atoms with Crippen molar-refractivity contribution in [2.45, 2.75) is 20.3 Å². The van der Waals surface area contributed by atoms with Gasteiger partial charge in [0.15, 0.2) is 0 Å². The van der Waals surface area contributed by atoms with E-state index in [1.54, 1.807) is 25.3 Å². The molecule has 1 aromatic rings. The number of hydrogen-bond acceptors (Lipinski definition) is 4. The van der Waals surface area contributed by atoms with Crippen LogP contribution < -0.4 is 10.5 Å². The first-order valence-corrected chi connectivity index (χ1v) is 5.65. The Kier molecular flexibility index (Phi) is 4.82. The Balaban J connectivity index is 2.67. The van der Waals surface area contributed by atoms with E-state index in [9.17, 15) is 4.79 Å². The number of rotatable bonds is 5. The fourth-order valence-electron chi connectivity index (χ4n) is 1.30. The number of carbonyl (C=O) groups excluding carboxylic acids is 1. The molecule has 0 saturated carbocycles. The highest BCUT2D eigenvalue weighted by Gasteiger charge is 2.12. The molecule has 0 radical (unpaired) electrons. The molecule has 0 amide bonds. The maximum Gasteiger partial charge on any atom is 0.340 e. The Hall–Kier alpha value is -1.71. The van der Waals surface area contributed by atoms with Crippen molar-refractivity contribution in [3.8, 4) is 5.75 Å². The number of nitrogen functional groups attached to an aromatic ring is 1. The lowest BCUT2D eigenvalue weighted by Gasteiger charge is -2.09. The predicted molar refractivity (Wildman–Crippen MR) is 67.1 cm³/mol. The number of benzene rings is 1. The summed E-state index contributed by atoms with van der Waals surface area (Å²) in [5, 5.41) is 0. The van der Waals surface area contributed by atoms with Crippen LogP contribution in [-0.2, 0) is 4.74 Å². The summed E-state index contributed by atoms with van der Waals surface area (Å²) >= 11 is 0. The Morgan fingerprint density at radius 3 is 2.71 bits per heavy atom. The first-order valence-electron chi connectivity index (χ1n) is 5.65. The zero-order valence-electron chi connectivity index (χ0n) is 10.5. The molecule has 0 spiro atoms. The van der Waals surface area contributed by atoms with E-state index in [1.807, 2.05) is 0 Å². The lowest BCUT2D eigenvalue weighted by atomic mass is 10.1. The Morgan fingerprint density at radius 1 is 1.41 bits per heavy atom. The first kappa shape index (κ1) is 13.4. The smallest absolute Gasteiger partial charge is 0.340 e. The molecule has 0 aliphatic rings. The van der Waals surface area contributed by atoms with Gasteiger partial charge < -0.3 is 15.2 Å². The van der Waals surface area contributed by atoms with Gasteiger partial charge in [-0.15, -0.1) is 0 Å². The number of esters is 1. The molecule has 0 aliphatic heterocycles. The summed E-state index contributed by atoms with van der Waals surface area (Å²) in [6, 6.07) is 4.94. The zero-order chi connectivity index (χ0) is 12.8. The van der Waals surface area contributed by atoms with E-state index in [-0.39, 0.29) is 0 Å². The minimum absolute atomic E-state index is 0.355. The molecule has 4 heteroatoms. The van der Waals surface area contributed by atoms with Crippen LogP contribution in [-0.4, -0.2) is 19.7 Å². The molecule has 0 unspecified atom stereocenters. The highest BCUT2D eigenvalue weighted by atomic mass is 16.5. The molecule has 0 fully saturated rings. The monoisotopic (exact) mass is 237 g/mol. The highest BCUT2D eigenvalue weighted by Crippen LogP contribution is 2.20. The molecule has 94 valence electrons. The average molecular weight is 237 g/mol. The van der Waals surface area contributed by atoms with E-state index >= 15 is 0 Å². The summed E-state index contributed by atoms with van der Waals surface area (Å²) < 4.78 is 10.2. The Morgan fingerprint density at radius 2 is 2.12 bits per heavy atom. The molecule has 0 aliphatic carbocycles. The van der Waals surface area contributed by atoms with Crippen molar-refractivity contribution in [2.24, 2.45) is 5.92 Å². The number of nitrogens with two attached hydrogens (primary N) is 1. The van der Waals surface area contributed by atoms with E-state index < -0.39 is 5.97 Å². The van der Waals surface area contributed by atoms with Crippen molar-refractivity contribution >= 4 is 11.7 Å². The van der Waals surface area contributed by atoms with Crippen LogP contribution in [0, 0.1) is 5.92 Å². The van der Waals surface area contributed by atoms with Crippen LogP contribution in [0.25, 0.3) is 0 Å². The number of carbonyl (C=O) groups is 1. The van der Waals surface area contributed by atoms with E-state index in [2.05, 4.69) is 13.8 Å². The zero-order valence-corrected chi connectivity index (χ0v) is 10.5. The van der Waals surface area contributed by atoms with Crippen molar-refractivity contribution in [3.05, 3.63) is 23.8 Å². The van der Waals surface area contributed by atoms with Crippen molar-refractivity contribution < 1.29 is 14.3 Å². The van der Waals surface area contributed by atoms with Gasteiger partial charge in [-0.3, -0.25) is 0 Å². The lowest BCUT2D eigenvalue weighted by molar-refractivity contribution is 0.0489. The normalized spacial score (nSPS) is 10.4. The second-order valence-corrected chi connectivity index (χ2v) is 4.27. The van der Waals surface area contributed by atoms with Gasteiger partial charge in [0.05, 0.1) is 19.3 Å². The minimum Gasteiger partial charge on any atom is -0.497 e. The highest BCUT2D eigenvalue weighted by molar-refractivity contribution is 5.95. The summed E-state index contributed by atoms with van der Waals surface area (Å²) in [6.45, 7) is 4.56. The van der Waals surface area contributed by atoms with Gasteiger partial charge >= 0.3 is 5.97 Å². The molecule has 0 heterocycles. The third-order valence-electron chi connectivity index (χ3n) is 2.41. The van der Waals surface area contributed by atoms with Crippen LogP contribution in [0.3, 0.4) is 0 Å². The summed E-state index contributed by atoms with van der Waals surface area (Å²) in [6.07, 6.45) is 0.843. The maximum atomic E-state index is 11.8. The van der Waals surface area contributed by atoms with Crippen molar-refractivity contribution in [1.82, 2.24) is 0 Å². The maximum absolute atomic E-state index is 11.8. The third kappa shape index (κ3) is 3.98. The van der Waals surface area contributed by atoms with Crippen LogP contribution in [0.15, 0.2) is 18.2 Å². The molecule has 0 bridgehead atoms. The van der Waals surface area contributed by atoms with Crippen LogP contribution >= 0.6 is 0 Å². The van der Waals surface area contributed by atoms with Gasteiger partial charge in [-0.05, 0) is 30.5 Å². The van der Waals surface area contributed by atoms with Crippen molar-refractivity contribution in [1.29, 1.82) is 0 Å². The molecular formula is C13H19NO3. The molecule has 17 heavy (non-hydrogen) atoms. The fourth-order valence-corrected chi connectivity index (χ4v) is 1.30. The molecule has 0 saturated heterocycles. The predicted octanol–water partition coefficient (Wildman–Crippen LogP) is 2.48. The molecule has 0 atom stereocenters. The number of hydrogen-bond donors (Lipinski definition) is 1. The Bertz CT molecular complexity index is 388. The summed E-state index contributed by atoms with van der Waals surface area (Å²) in [7, 11) is 1.54. The topological polar surface area (TPSA) is 61.5 Å². The number of ether oxygens (including phenoxy) is 2. The first-order chi connectivity index (χ1) is 8.04. The van der Waals surface area contributed by atoms with E-state index in [4.69, 9.17) is 15.2 Å². The SMILES string of the molecule is COc1ccc(N)c(C(=O)OCCC(C)C)c1. The molecule has 4 nitrogen and oxygen atoms in total. The van der Waals surface area contributed by atoms with Gasteiger partial charge in [-0.1, -0.05) is 13.8 Å². The van der Waals surface area contributed by atoms with E-state index in [0.717, 1.165) is 6.42 Å². The van der Waals surface area contributed by atoms with Gasteiger partial charge in [-0.2, -0.15) is 0 Å². The van der Waals surface area contributed by atoms with Crippen LogP contribution in [0.1, 0.15) is 30.6 Å². The molecule has 1 aromatic carbocycles. The third-order valence-corrected chi connectivity index (χ3v) is 2.41. The number of methoxy groups -OCH3 is 1. The summed E-state index contributed by atoms with van der Waals surface area (Å²) in [4.78, 5) is 11.8. The molecule has 2 N–H and O–H groups in total. The molecule has 0 aromatic heterocycles. The largest absolute Gasteiger partial charge is 0.497 e.